The Morgan fingerprint density at radius 2 is 2.13 bits per heavy atom. The van der Waals surface area contributed by atoms with E-state index in [1.165, 1.54) is 18.2 Å². The minimum absolute atomic E-state index is 0.109. The van der Waals surface area contributed by atoms with Crippen LogP contribution in [0.3, 0.4) is 0 Å². The molecule has 13 heteroatoms. The first-order valence-electron chi connectivity index (χ1n) is 8.68. The molecule has 30 heavy (non-hydrogen) atoms. The molecule has 4 N–H and O–H groups in total. The summed E-state index contributed by atoms with van der Waals surface area (Å²) in [7, 11) is 0. The number of benzene rings is 1. The number of hydrogen-bond donors (Lipinski definition) is 3. The topological polar surface area (TPSA) is 169 Å². The van der Waals surface area contributed by atoms with Crippen molar-refractivity contribution < 1.29 is 19.2 Å². The Balaban J connectivity index is 1.68. The van der Waals surface area contributed by atoms with E-state index in [0.29, 0.717) is 16.6 Å². The number of carbonyl (C=O) groups is 2. The first kappa shape index (κ1) is 21.1. The molecule has 1 aromatic carbocycles. The molecular weight excluding hydrogens is 414 g/mol. The van der Waals surface area contributed by atoms with Crippen molar-refractivity contribution in [1.29, 1.82) is 0 Å². The van der Waals surface area contributed by atoms with E-state index in [2.05, 4.69) is 20.5 Å². The molecule has 2 aromatic heterocycles. The van der Waals surface area contributed by atoms with E-state index in [0.717, 1.165) is 16.3 Å². The van der Waals surface area contributed by atoms with Gasteiger partial charge in [0.2, 0.25) is 11.0 Å². The van der Waals surface area contributed by atoms with Gasteiger partial charge in [-0.2, -0.15) is 10.1 Å². The van der Waals surface area contributed by atoms with Gasteiger partial charge in [0.05, 0.1) is 27.9 Å². The fourth-order valence-electron chi connectivity index (χ4n) is 2.43. The molecule has 12 nitrogen and oxygen atoms in total. The largest absolute Gasteiger partial charge is 0.442 e. The van der Waals surface area contributed by atoms with E-state index in [4.69, 9.17) is 10.6 Å². The summed E-state index contributed by atoms with van der Waals surface area (Å²) in [6, 6.07) is 4.17. The van der Waals surface area contributed by atoms with E-state index in [9.17, 15) is 19.7 Å². The number of nitro benzene ring substituents is 1. The molecule has 3 rings (SSSR count). The number of amides is 2. The Bertz CT molecular complexity index is 1120. The number of nitrogens with two attached hydrogens (primary N) is 1. The van der Waals surface area contributed by atoms with Crippen molar-refractivity contribution in [2.75, 3.05) is 10.3 Å². The number of nitrogens with zero attached hydrogens (tertiary/aromatic N) is 4. The number of hydrogen-bond acceptors (Lipinski definition) is 9. The molecule has 3 aromatic rings. The molecule has 0 spiro atoms. The van der Waals surface area contributed by atoms with E-state index < -0.39 is 22.5 Å². The summed E-state index contributed by atoms with van der Waals surface area (Å²) in [5.41, 5.74) is 0.102. The van der Waals surface area contributed by atoms with Gasteiger partial charge >= 0.3 is 6.09 Å². The van der Waals surface area contributed by atoms with Crippen LogP contribution in [0, 0.1) is 10.1 Å². The molecule has 0 saturated carbocycles. The molecule has 2 amide bonds. The fraction of sp³-hybridized carbons (Fsp3) is 0.294. The highest BCUT2D eigenvalue weighted by Gasteiger charge is 2.23. The monoisotopic (exact) mass is 433 g/mol. The van der Waals surface area contributed by atoms with Crippen LogP contribution in [0.1, 0.15) is 26.5 Å². The van der Waals surface area contributed by atoms with Crippen molar-refractivity contribution >= 4 is 50.9 Å². The predicted octanol–water partition coefficient (Wildman–Crippen LogP) is 2.72. The smallest absolute Gasteiger partial charge is 0.431 e. The molecule has 0 aliphatic carbocycles. The zero-order valence-electron chi connectivity index (χ0n) is 16.3. The van der Waals surface area contributed by atoms with Crippen molar-refractivity contribution in [1.82, 2.24) is 15.2 Å². The van der Waals surface area contributed by atoms with Crippen molar-refractivity contribution in [2.24, 2.45) is 5.84 Å². The predicted molar refractivity (Wildman–Crippen MR) is 110 cm³/mol. The van der Waals surface area contributed by atoms with Gasteiger partial charge in [-0.05, 0) is 26.8 Å². The molecule has 0 unspecified atom stereocenters. The third-order valence-corrected chi connectivity index (χ3v) is 4.58. The van der Waals surface area contributed by atoms with Crippen LogP contribution in [0.2, 0.25) is 0 Å². The van der Waals surface area contributed by atoms with E-state index in [1.54, 1.807) is 26.2 Å². The van der Waals surface area contributed by atoms with Gasteiger partial charge in [0.1, 0.15) is 5.60 Å². The lowest BCUT2D eigenvalue weighted by Gasteiger charge is -2.22. The number of thiazole rings is 1. The number of nitro groups is 1. The van der Waals surface area contributed by atoms with Crippen LogP contribution in [0.4, 0.5) is 21.4 Å². The number of carbonyl (C=O) groups excluding carboxylic acids is 2. The average molecular weight is 433 g/mol. The summed E-state index contributed by atoms with van der Waals surface area (Å²) in [5, 5.41) is 23.2. The van der Waals surface area contributed by atoms with E-state index >= 15 is 0 Å². The highest BCUT2D eigenvalue weighted by Crippen LogP contribution is 2.26. The SMILES string of the molecule is CC(C)(C)OC(=O)N(N)c1nc(CC(=O)Nc2n[nH]c3ccc([N+](=O)[O-])cc23)cs1. The number of aromatic nitrogens is 3. The van der Waals surface area contributed by atoms with Gasteiger partial charge in [-0.3, -0.25) is 20.0 Å². The number of H-pyrrole nitrogens is 1. The molecule has 0 atom stereocenters. The molecule has 2 heterocycles. The Morgan fingerprint density at radius 1 is 1.40 bits per heavy atom. The Kier molecular flexibility index (Phi) is 5.67. The van der Waals surface area contributed by atoms with Gasteiger partial charge in [-0.15, -0.1) is 11.3 Å². The second-order valence-corrected chi connectivity index (χ2v) is 8.09. The lowest BCUT2D eigenvalue weighted by Crippen LogP contribution is -2.41. The highest BCUT2D eigenvalue weighted by molar-refractivity contribution is 7.14. The van der Waals surface area contributed by atoms with Crippen molar-refractivity contribution in [3.63, 3.8) is 0 Å². The number of aromatic amines is 1. The lowest BCUT2D eigenvalue weighted by atomic mass is 10.2. The van der Waals surface area contributed by atoms with Gasteiger partial charge in [-0.25, -0.2) is 15.6 Å². The maximum Gasteiger partial charge on any atom is 0.431 e. The second-order valence-electron chi connectivity index (χ2n) is 7.26. The Morgan fingerprint density at radius 3 is 2.80 bits per heavy atom. The molecule has 0 bridgehead atoms. The minimum atomic E-state index is -0.766. The fourth-order valence-corrected chi connectivity index (χ4v) is 3.16. The number of ether oxygens (including phenoxy) is 1. The second kappa shape index (κ2) is 8.04. The highest BCUT2D eigenvalue weighted by atomic mass is 32.1. The molecule has 0 radical (unpaired) electrons. The Hall–Kier alpha value is -3.58. The molecular formula is C17H19N7O5S. The quantitative estimate of drug-likeness (QED) is 0.239. The number of anilines is 2. The third-order valence-electron chi connectivity index (χ3n) is 3.69. The number of fused-ring (bicyclic) bond motifs is 1. The maximum absolute atomic E-state index is 12.4. The summed E-state index contributed by atoms with van der Waals surface area (Å²) >= 11 is 1.08. The normalized spacial score (nSPS) is 11.3. The number of rotatable bonds is 5. The molecule has 0 aliphatic heterocycles. The third kappa shape index (κ3) is 4.87. The van der Waals surface area contributed by atoms with Gasteiger partial charge < -0.3 is 10.1 Å². The molecule has 0 saturated heterocycles. The minimum Gasteiger partial charge on any atom is -0.442 e. The summed E-state index contributed by atoms with van der Waals surface area (Å²) in [5.74, 6) is 5.47. The average Bonchev–Trinajstić information content (AvgIpc) is 3.26. The standard InChI is InChI=1S/C17H19N7O5S/c1-17(2,3)29-16(26)23(18)15-19-9(8-30-15)6-13(25)20-14-11-7-10(24(27)28)4-5-12(11)21-22-14/h4-5,7-8H,6,18H2,1-3H3,(H2,20,21,22,25). The van der Waals surface area contributed by atoms with Gasteiger partial charge in [0, 0.05) is 17.5 Å². The lowest BCUT2D eigenvalue weighted by molar-refractivity contribution is -0.384. The maximum atomic E-state index is 12.4. The van der Waals surface area contributed by atoms with Crippen LogP contribution >= 0.6 is 11.3 Å². The van der Waals surface area contributed by atoms with Crippen LogP contribution < -0.4 is 16.2 Å². The van der Waals surface area contributed by atoms with Gasteiger partial charge in [0.15, 0.2) is 5.82 Å². The number of hydrazine groups is 1. The van der Waals surface area contributed by atoms with E-state index in [-0.39, 0.29) is 23.1 Å². The number of non-ortho nitro benzene ring substituents is 1. The van der Waals surface area contributed by atoms with E-state index in [1.807, 2.05) is 0 Å². The zero-order chi connectivity index (χ0) is 22.1. The van der Waals surface area contributed by atoms with Crippen LogP contribution in [0.15, 0.2) is 23.6 Å². The van der Waals surface area contributed by atoms with Crippen LogP contribution in [-0.4, -0.2) is 37.7 Å². The van der Waals surface area contributed by atoms with Crippen LogP contribution in [0.25, 0.3) is 10.9 Å². The Labute approximate surface area is 174 Å². The van der Waals surface area contributed by atoms with Crippen LogP contribution in [-0.2, 0) is 16.0 Å². The molecule has 0 aliphatic rings. The first-order valence-corrected chi connectivity index (χ1v) is 9.56. The number of nitrogens with one attached hydrogen (secondary N) is 2. The molecule has 0 fully saturated rings. The summed E-state index contributed by atoms with van der Waals surface area (Å²) < 4.78 is 5.17. The summed E-state index contributed by atoms with van der Waals surface area (Å²) in [4.78, 5) is 39.0. The van der Waals surface area contributed by atoms with Gasteiger partial charge in [0.25, 0.3) is 5.69 Å². The van der Waals surface area contributed by atoms with Gasteiger partial charge in [-0.1, -0.05) is 0 Å². The first-order chi connectivity index (χ1) is 14.0. The van der Waals surface area contributed by atoms with Crippen molar-refractivity contribution in [3.8, 4) is 0 Å². The molecule has 158 valence electrons. The zero-order valence-corrected chi connectivity index (χ0v) is 17.1. The van der Waals surface area contributed by atoms with Crippen molar-refractivity contribution in [2.45, 2.75) is 32.8 Å². The summed E-state index contributed by atoms with van der Waals surface area (Å²) in [6.07, 6.45) is -0.875. The summed E-state index contributed by atoms with van der Waals surface area (Å²) in [6.45, 7) is 5.14. The van der Waals surface area contributed by atoms with Crippen molar-refractivity contribution in [3.05, 3.63) is 39.4 Å². The van der Waals surface area contributed by atoms with Crippen LogP contribution in [0.5, 0.6) is 0 Å².